The zero-order valence-electron chi connectivity index (χ0n) is 13.8. The van der Waals surface area contributed by atoms with Crippen molar-refractivity contribution in [1.82, 2.24) is 10.6 Å². The monoisotopic (exact) mass is 396 g/mol. The largest absolute Gasteiger partial charge is 0.496 e. The molecule has 1 aliphatic heterocycles. The summed E-state index contributed by atoms with van der Waals surface area (Å²) in [6.45, 7) is 3.02. The summed E-state index contributed by atoms with van der Waals surface area (Å²) in [5, 5.41) is 7.00. The van der Waals surface area contributed by atoms with E-state index in [1.165, 1.54) is 13.2 Å². The molecular weight excluding hydrogens is 375 g/mol. The lowest BCUT2D eigenvalue weighted by Crippen LogP contribution is -2.47. The predicted octanol–water partition coefficient (Wildman–Crippen LogP) is 3.17. The van der Waals surface area contributed by atoms with Gasteiger partial charge in [0.05, 0.1) is 29.3 Å². The first kappa shape index (κ1) is 21.3. The summed E-state index contributed by atoms with van der Waals surface area (Å²) in [6.07, 6.45) is 1.92. The number of nitrogens with one attached hydrogen (secondary N) is 2. The first-order chi connectivity index (χ1) is 11.0. The third kappa shape index (κ3) is 5.14. The van der Waals surface area contributed by atoms with Crippen LogP contribution >= 0.6 is 35.6 Å². The van der Waals surface area contributed by atoms with Crippen LogP contribution in [0.25, 0.3) is 0 Å². The van der Waals surface area contributed by atoms with Gasteiger partial charge in [-0.1, -0.05) is 23.2 Å². The average Bonchev–Trinajstić information content (AvgIpc) is 2.56. The normalized spacial score (nSPS) is 16.2. The summed E-state index contributed by atoms with van der Waals surface area (Å²) < 4.78 is 10.6. The molecule has 1 amide bonds. The van der Waals surface area contributed by atoms with E-state index in [1.807, 2.05) is 0 Å². The number of piperidine rings is 1. The van der Waals surface area contributed by atoms with Crippen molar-refractivity contribution in [2.24, 2.45) is 5.41 Å². The fraction of sp³-hybridized carbons (Fsp3) is 0.562. The minimum atomic E-state index is -0.227. The molecule has 1 aromatic carbocycles. The second kappa shape index (κ2) is 9.68. The number of methoxy groups -OCH3 is 2. The Morgan fingerprint density at radius 1 is 1.25 bits per heavy atom. The predicted molar refractivity (Wildman–Crippen MR) is 99.0 cm³/mol. The maximum absolute atomic E-state index is 12.5. The van der Waals surface area contributed by atoms with E-state index in [2.05, 4.69) is 10.6 Å². The summed E-state index contributed by atoms with van der Waals surface area (Å²) in [5.74, 6) is 0.178. The zero-order valence-corrected chi connectivity index (χ0v) is 16.1. The molecule has 24 heavy (non-hydrogen) atoms. The van der Waals surface area contributed by atoms with E-state index in [1.54, 1.807) is 13.2 Å². The third-order valence-electron chi connectivity index (χ3n) is 4.23. The summed E-state index contributed by atoms with van der Waals surface area (Å²) in [6, 6.07) is 3.08. The van der Waals surface area contributed by atoms with Crippen LogP contribution < -0.4 is 15.4 Å². The minimum Gasteiger partial charge on any atom is -0.496 e. The molecule has 1 saturated heterocycles. The van der Waals surface area contributed by atoms with Crippen LogP contribution in [-0.4, -0.2) is 46.4 Å². The Balaban J connectivity index is 0.00000288. The molecule has 136 valence electrons. The van der Waals surface area contributed by atoms with E-state index in [9.17, 15) is 4.79 Å². The Hall–Kier alpha value is -0.720. The number of rotatable bonds is 6. The molecule has 0 unspecified atom stereocenters. The number of carbonyl (C=O) groups excluding carboxylic acids is 1. The fourth-order valence-electron chi connectivity index (χ4n) is 2.87. The number of hydrogen-bond donors (Lipinski definition) is 2. The van der Waals surface area contributed by atoms with Crippen molar-refractivity contribution in [3.05, 3.63) is 27.7 Å². The van der Waals surface area contributed by atoms with Crippen LogP contribution in [-0.2, 0) is 4.74 Å². The molecule has 2 N–H and O–H groups in total. The molecule has 0 saturated carbocycles. The van der Waals surface area contributed by atoms with Crippen LogP contribution in [0, 0.1) is 5.41 Å². The topological polar surface area (TPSA) is 59.6 Å². The fourth-order valence-corrected chi connectivity index (χ4v) is 3.19. The van der Waals surface area contributed by atoms with Crippen molar-refractivity contribution in [3.63, 3.8) is 0 Å². The summed E-state index contributed by atoms with van der Waals surface area (Å²) in [5.41, 5.74) is 0.336. The van der Waals surface area contributed by atoms with Gasteiger partial charge in [-0.3, -0.25) is 4.79 Å². The van der Waals surface area contributed by atoms with E-state index in [4.69, 9.17) is 32.7 Å². The van der Waals surface area contributed by atoms with E-state index in [0.717, 1.165) is 25.9 Å². The van der Waals surface area contributed by atoms with Crippen molar-refractivity contribution < 1.29 is 14.3 Å². The second-order valence-corrected chi connectivity index (χ2v) is 6.65. The van der Waals surface area contributed by atoms with Gasteiger partial charge in [0, 0.05) is 25.1 Å². The number of halogens is 3. The van der Waals surface area contributed by atoms with Gasteiger partial charge in [0.2, 0.25) is 0 Å². The Morgan fingerprint density at radius 3 is 2.46 bits per heavy atom. The van der Waals surface area contributed by atoms with Gasteiger partial charge in [-0.05, 0) is 32.0 Å². The Morgan fingerprint density at radius 2 is 1.88 bits per heavy atom. The van der Waals surface area contributed by atoms with Crippen LogP contribution in [0.15, 0.2) is 12.1 Å². The second-order valence-electron chi connectivity index (χ2n) is 5.83. The highest BCUT2D eigenvalue weighted by Gasteiger charge is 2.32. The van der Waals surface area contributed by atoms with Crippen molar-refractivity contribution in [1.29, 1.82) is 0 Å². The van der Waals surface area contributed by atoms with Gasteiger partial charge in [0.25, 0.3) is 5.91 Å². The average molecular weight is 398 g/mol. The highest BCUT2D eigenvalue weighted by molar-refractivity contribution is 6.42. The minimum absolute atomic E-state index is 0. The Bertz CT molecular complexity index is 558. The van der Waals surface area contributed by atoms with Crippen LogP contribution in [0.2, 0.25) is 10.0 Å². The maximum atomic E-state index is 12.5. The molecule has 2 rings (SSSR count). The number of amides is 1. The first-order valence-corrected chi connectivity index (χ1v) is 8.28. The molecule has 0 aromatic heterocycles. The van der Waals surface area contributed by atoms with Gasteiger partial charge in [0.1, 0.15) is 5.75 Å². The lowest BCUT2D eigenvalue weighted by atomic mass is 9.79. The van der Waals surface area contributed by atoms with Gasteiger partial charge in [-0.25, -0.2) is 0 Å². The molecule has 0 aliphatic carbocycles. The molecule has 1 aliphatic rings. The molecule has 0 atom stereocenters. The molecule has 0 bridgehead atoms. The van der Waals surface area contributed by atoms with Crippen molar-refractivity contribution >= 4 is 41.5 Å². The highest BCUT2D eigenvalue weighted by atomic mass is 35.5. The van der Waals surface area contributed by atoms with Gasteiger partial charge in [-0.15, -0.1) is 12.4 Å². The first-order valence-electron chi connectivity index (χ1n) is 7.52. The molecule has 0 spiro atoms. The lowest BCUT2D eigenvalue weighted by molar-refractivity contribution is 0.0511. The van der Waals surface area contributed by atoms with Crippen LogP contribution in [0.5, 0.6) is 5.75 Å². The number of hydrogen-bond acceptors (Lipinski definition) is 4. The van der Waals surface area contributed by atoms with Gasteiger partial charge in [-0.2, -0.15) is 0 Å². The smallest absolute Gasteiger partial charge is 0.255 e. The molecule has 1 aromatic rings. The van der Waals surface area contributed by atoms with Gasteiger partial charge < -0.3 is 20.1 Å². The van der Waals surface area contributed by atoms with Crippen LogP contribution in [0.1, 0.15) is 23.2 Å². The van der Waals surface area contributed by atoms with Crippen LogP contribution in [0.3, 0.4) is 0 Å². The van der Waals surface area contributed by atoms with Crippen molar-refractivity contribution in [2.75, 3.05) is 40.5 Å². The maximum Gasteiger partial charge on any atom is 0.255 e. The number of benzene rings is 1. The van der Waals surface area contributed by atoms with E-state index < -0.39 is 0 Å². The molecule has 5 nitrogen and oxygen atoms in total. The van der Waals surface area contributed by atoms with Crippen molar-refractivity contribution in [2.45, 2.75) is 12.8 Å². The van der Waals surface area contributed by atoms with Gasteiger partial charge in [0.15, 0.2) is 0 Å². The third-order valence-corrected chi connectivity index (χ3v) is 4.95. The summed E-state index contributed by atoms with van der Waals surface area (Å²) >= 11 is 12.0. The molecular formula is C16H23Cl3N2O3. The highest BCUT2D eigenvalue weighted by Crippen LogP contribution is 2.31. The van der Waals surface area contributed by atoms with Crippen molar-refractivity contribution in [3.8, 4) is 5.75 Å². The molecule has 1 heterocycles. The quantitative estimate of drug-likeness (QED) is 0.774. The summed E-state index contributed by atoms with van der Waals surface area (Å²) in [7, 11) is 3.18. The SMILES string of the molecule is COCC1(CNC(=O)c2cc(Cl)c(Cl)cc2OC)CCNCC1.Cl. The standard InChI is InChI=1S/C16H22Cl2N2O3.ClH/c1-22-10-16(3-5-19-6-4-16)9-20-15(21)11-7-12(17)13(18)8-14(11)23-2;/h7-8,19H,3-6,9-10H2,1-2H3,(H,20,21);1H. The molecule has 0 radical (unpaired) electrons. The molecule has 8 heteroatoms. The Kier molecular flexibility index (Phi) is 8.60. The zero-order chi connectivity index (χ0) is 16.9. The van der Waals surface area contributed by atoms with Gasteiger partial charge >= 0.3 is 0 Å². The Labute approximate surface area is 158 Å². The molecule has 1 fully saturated rings. The lowest BCUT2D eigenvalue weighted by Gasteiger charge is -2.37. The number of carbonyl (C=O) groups is 1. The number of ether oxygens (including phenoxy) is 2. The van der Waals surface area contributed by atoms with Crippen LogP contribution in [0.4, 0.5) is 0 Å². The summed E-state index contributed by atoms with van der Waals surface area (Å²) in [4.78, 5) is 12.5. The van der Waals surface area contributed by atoms with E-state index in [-0.39, 0.29) is 23.7 Å². The van der Waals surface area contributed by atoms with E-state index in [0.29, 0.717) is 34.5 Å². The van der Waals surface area contributed by atoms with E-state index >= 15 is 0 Å².